The fraction of sp³-hybridized carbons (Fsp3) is 1.00. The van der Waals surface area contributed by atoms with Gasteiger partial charge in [0.2, 0.25) is 0 Å². The second kappa shape index (κ2) is 4.19. The van der Waals surface area contributed by atoms with Crippen LogP contribution in [0.15, 0.2) is 0 Å². The summed E-state index contributed by atoms with van der Waals surface area (Å²) in [6.45, 7) is 6.90. The van der Waals surface area contributed by atoms with Gasteiger partial charge in [0.05, 0.1) is 0 Å². The Morgan fingerprint density at radius 3 is 2.50 bits per heavy atom. The third-order valence-corrected chi connectivity index (χ3v) is 4.18. The zero-order valence-electron chi connectivity index (χ0n) is 9.58. The highest BCUT2D eigenvalue weighted by Crippen LogP contribution is 2.34. The van der Waals surface area contributed by atoms with E-state index in [9.17, 15) is 0 Å². The van der Waals surface area contributed by atoms with E-state index >= 15 is 0 Å². The Hall–Kier alpha value is -0.0800. The number of hydrogen-bond donors (Lipinski definition) is 1. The highest BCUT2D eigenvalue weighted by atomic mass is 15.2. The summed E-state index contributed by atoms with van der Waals surface area (Å²) >= 11 is 0. The molecule has 1 aliphatic heterocycles. The van der Waals surface area contributed by atoms with Crippen LogP contribution in [0, 0.1) is 11.8 Å². The van der Waals surface area contributed by atoms with Crippen molar-refractivity contribution in [3.05, 3.63) is 0 Å². The van der Waals surface area contributed by atoms with Crippen molar-refractivity contribution in [1.82, 2.24) is 4.90 Å². The molecule has 1 heterocycles. The van der Waals surface area contributed by atoms with Crippen LogP contribution in [0.5, 0.6) is 0 Å². The Balaban J connectivity index is 1.91. The van der Waals surface area contributed by atoms with Crippen LogP contribution in [0.3, 0.4) is 0 Å². The van der Waals surface area contributed by atoms with Crippen molar-refractivity contribution >= 4 is 0 Å². The molecule has 2 N–H and O–H groups in total. The summed E-state index contributed by atoms with van der Waals surface area (Å²) in [6, 6.07) is 1.65. The van der Waals surface area contributed by atoms with Gasteiger partial charge in [-0.1, -0.05) is 6.92 Å². The molecule has 4 atom stereocenters. The van der Waals surface area contributed by atoms with Gasteiger partial charge in [0.1, 0.15) is 0 Å². The van der Waals surface area contributed by atoms with Crippen LogP contribution in [0.1, 0.15) is 39.5 Å². The van der Waals surface area contributed by atoms with E-state index in [1.807, 2.05) is 0 Å². The molecular formula is C12H24N2. The maximum absolute atomic E-state index is 5.76. The summed E-state index contributed by atoms with van der Waals surface area (Å²) in [7, 11) is 0. The topological polar surface area (TPSA) is 29.3 Å². The number of nitrogens with zero attached hydrogens (tertiary/aromatic N) is 1. The summed E-state index contributed by atoms with van der Waals surface area (Å²) < 4.78 is 0. The average Bonchev–Trinajstić information content (AvgIpc) is 2.71. The zero-order valence-corrected chi connectivity index (χ0v) is 9.58. The quantitative estimate of drug-likeness (QED) is 0.730. The predicted octanol–water partition coefficient (Wildman–Crippen LogP) is 1.84. The molecule has 0 aromatic heterocycles. The molecule has 1 saturated carbocycles. The van der Waals surface area contributed by atoms with E-state index in [-0.39, 0.29) is 0 Å². The van der Waals surface area contributed by atoms with Gasteiger partial charge < -0.3 is 5.73 Å². The number of rotatable bonds is 2. The molecule has 14 heavy (non-hydrogen) atoms. The van der Waals surface area contributed by atoms with Gasteiger partial charge in [0.25, 0.3) is 0 Å². The molecular weight excluding hydrogens is 172 g/mol. The molecule has 2 heteroatoms. The van der Waals surface area contributed by atoms with Gasteiger partial charge in [-0.25, -0.2) is 0 Å². The van der Waals surface area contributed by atoms with Crippen LogP contribution in [-0.2, 0) is 0 Å². The van der Waals surface area contributed by atoms with Gasteiger partial charge in [-0.2, -0.15) is 0 Å². The molecule has 82 valence electrons. The monoisotopic (exact) mass is 196 g/mol. The van der Waals surface area contributed by atoms with Crippen LogP contribution in [0.25, 0.3) is 0 Å². The minimum atomic E-state index is 0.765. The van der Waals surface area contributed by atoms with E-state index in [1.54, 1.807) is 0 Å². The standard InChI is InChI=1S/C12H24N2/c1-9-3-4-12(5-9)14-8-11(7-13)6-10(14)2/h9-12H,3-8,13H2,1-2H3. The summed E-state index contributed by atoms with van der Waals surface area (Å²) in [5.41, 5.74) is 5.76. The van der Waals surface area contributed by atoms with Crippen molar-refractivity contribution in [2.45, 2.75) is 51.6 Å². The summed E-state index contributed by atoms with van der Waals surface area (Å²) in [5.74, 6) is 1.71. The van der Waals surface area contributed by atoms with E-state index in [4.69, 9.17) is 5.73 Å². The van der Waals surface area contributed by atoms with E-state index in [1.165, 1.54) is 32.2 Å². The first-order valence-electron chi connectivity index (χ1n) is 6.16. The van der Waals surface area contributed by atoms with Crippen LogP contribution in [0.4, 0.5) is 0 Å². The van der Waals surface area contributed by atoms with Crippen LogP contribution < -0.4 is 5.73 Å². The normalized spacial score (nSPS) is 44.8. The molecule has 1 saturated heterocycles. The Labute approximate surface area is 87.8 Å². The van der Waals surface area contributed by atoms with Crippen LogP contribution in [-0.4, -0.2) is 30.1 Å². The molecule has 4 unspecified atom stereocenters. The first kappa shape index (κ1) is 10.4. The Morgan fingerprint density at radius 2 is 2.00 bits per heavy atom. The third-order valence-electron chi connectivity index (χ3n) is 4.18. The number of hydrogen-bond acceptors (Lipinski definition) is 2. The highest BCUT2D eigenvalue weighted by molar-refractivity contribution is 4.90. The SMILES string of the molecule is CC1CCC(N2CC(CN)CC2C)C1. The maximum atomic E-state index is 5.76. The lowest BCUT2D eigenvalue weighted by atomic mass is 10.1. The van der Waals surface area contributed by atoms with Crippen LogP contribution >= 0.6 is 0 Å². The lowest BCUT2D eigenvalue weighted by molar-refractivity contribution is 0.186. The van der Waals surface area contributed by atoms with E-state index in [2.05, 4.69) is 18.7 Å². The molecule has 0 aromatic carbocycles. The summed E-state index contributed by atoms with van der Waals surface area (Å²) in [4.78, 5) is 2.72. The molecule has 0 spiro atoms. The lowest BCUT2D eigenvalue weighted by Gasteiger charge is -2.28. The molecule has 2 nitrogen and oxygen atoms in total. The van der Waals surface area contributed by atoms with Crippen molar-refractivity contribution < 1.29 is 0 Å². The van der Waals surface area contributed by atoms with Crippen molar-refractivity contribution in [1.29, 1.82) is 0 Å². The maximum Gasteiger partial charge on any atom is 0.0101 e. The van der Waals surface area contributed by atoms with Crippen LogP contribution in [0.2, 0.25) is 0 Å². The van der Waals surface area contributed by atoms with Crippen molar-refractivity contribution in [2.75, 3.05) is 13.1 Å². The Kier molecular flexibility index (Phi) is 3.13. The minimum Gasteiger partial charge on any atom is -0.330 e. The third kappa shape index (κ3) is 1.96. The molecule has 0 aromatic rings. The highest BCUT2D eigenvalue weighted by Gasteiger charge is 2.35. The van der Waals surface area contributed by atoms with Crippen molar-refractivity contribution in [3.8, 4) is 0 Å². The Morgan fingerprint density at radius 1 is 1.21 bits per heavy atom. The first-order valence-corrected chi connectivity index (χ1v) is 6.16. The molecule has 0 bridgehead atoms. The van der Waals surface area contributed by atoms with Gasteiger partial charge in [-0.15, -0.1) is 0 Å². The molecule has 0 amide bonds. The Bertz CT molecular complexity index is 193. The van der Waals surface area contributed by atoms with Gasteiger partial charge in [0, 0.05) is 18.6 Å². The molecule has 0 radical (unpaired) electrons. The second-order valence-electron chi connectivity index (χ2n) is 5.46. The van der Waals surface area contributed by atoms with E-state index in [0.29, 0.717) is 0 Å². The van der Waals surface area contributed by atoms with Crippen molar-refractivity contribution in [3.63, 3.8) is 0 Å². The largest absolute Gasteiger partial charge is 0.330 e. The molecule has 2 rings (SSSR count). The average molecular weight is 196 g/mol. The zero-order chi connectivity index (χ0) is 10.1. The van der Waals surface area contributed by atoms with Crippen molar-refractivity contribution in [2.24, 2.45) is 17.6 Å². The molecule has 2 fully saturated rings. The van der Waals surface area contributed by atoms with E-state index in [0.717, 1.165) is 30.5 Å². The minimum absolute atomic E-state index is 0.765. The number of nitrogens with two attached hydrogens (primary N) is 1. The smallest absolute Gasteiger partial charge is 0.0101 e. The van der Waals surface area contributed by atoms with Gasteiger partial charge in [-0.3, -0.25) is 4.90 Å². The van der Waals surface area contributed by atoms with Gasteiger partial charge in [-0.05, 0) is 51.0 Å². The van der Waals surface area contributed by atoms with E-state index < -0.39 is 0 Å². The molecule has 1 aliphatic carbocycles. The predicted molar refractivity (Wildman–Crippen MR) is 60.1 cm³/mol. The van der Waals surface area contributed by atoms with Gasteiger partial charge >= 0.3 is 0 Å². The van der Waals surface area contributed by atoms with Gasteiger partial charge in [0.15, 0.2) is 0 Å². The number of likely N-dealkylation sites (tertiary alicyclic amines) is 1. The molecule has 2 aliphatic rings. The summed E-state index contributed by atoms with van der Waals surface area (Å²) in [5, 5.41) is 0. The summed E-state index contributed by atoms with van der Waals surface area (Å²) in [6.07, 6.45) is 5.59. The fourth-order valence-electron chi connectivity index (χ4n) is 3.33. The first-order chi connectivity index (χ1) is 6.70. The lowest BCUT2D eigenvalue weighted by Crippen LogP contribution is -2.36. The second-order valence-corrected chi connectivity index (χ2v) is 5.46. The fourth-order valence-corrected chi connectivity index (χ4v) is 3.33.